The van der Waals surface area contributed by atoms with Crippen LogP contribution in [0.25, 0.3) is 0 Å². The summed E-state index contributed by atoms with van der Waals surface area (Å²) >= 11 is 0. The fourth-order valence-corrected chi connectivity index (χ4v) is 2.41. The molecule has 3 rings (SSSR count). The summed E-state index contributed by atoms with van der Waals surface area (Å²) in [5, 5.41) is 2.82. The fraction of sp³-hybridized carbons (Fsp3) is 0.136. The summed E-state index contributed by atoms with van der Waals surface area (Å²) in [5.74, 6) is 2.37. The molecule has 0 radical (unpaired) electrons. The van der Waals surface area contributed by atoms with E-state index in [2.05, 4.69) is 5.32 Å². The number of hydrogen-bond acceptors (Lipinski definition) is 4. The molecule has 5 nitrogen and oxygen atoms in total. The van der Waals surface area contributed by atoms with Gasteiger partial charge in [0.05, 0.1) is 12.3 Å². The molecule has 0 aromatic heterocycles. The van der Waals surface area contributed by atoms with Crippen molar-refractivity contribution in [1.29, 1.82) is 0 Å². The third-order valence-corrected chi connectivity index (χ3v) is 3.64. The molecule has 0 saturated carbocycles. The first-order valence-corrected chi connectivity index (χ1v) is 8.72. The molecule has 138 valence electrons. The van der Waals surface area contributed by atoms with Gasteiger partial charge in [-0.2, -0.15) is 0 Å². The first-order valence-electron chi connectivity index (χ1n) is 8.72. The second-order valence-electron chi connectivity index (χ2n) is 5.65. The van der Waals surface area contributed by atoms with Crippen LogP contribution in [0, 0.1) is 0 Å². The number of anilines is 1. The van der Waals surface area contributed by atoms with Gasteiger partial charge in [-0.3, -0.25) is 4.79 Å². The molecule has 5 heteroatoms. The Morgan fingerprint density at radius 3 is 2.15 bits per heavy atom. The first kappa shape index (κ1) is 18.3. The fourth-order valence-electron chi connectivity index (χ4n) is 2.41. The predicted molar refractivity (Wildman–Crippen MR) is 105 cm³/mol. The van der Waals surface area contributed by atoms with Crippen molar-refractivity contribution in [3.63, 3.8) is 0 Å². The summed E-state index contributed by atoms with van der Waals surface area (Å²) in [6.45, 7) is 2.46. The third-order valence-electron chi connectivity index (χ3n) is 3.64. The van der Waals surface area contributed by atoms with Crippen LogP contribution < -0.4 is 19.5 Å². The van der Waals surface area contributed by atoms with Gasteiger partial charge in [-0.1, -0.05) is 30.3 Å². The van der Waals surface area contributed by atoms with Crippen molar-refractivity contribution < 1.29 is 19.0 Å². The first-order chi connectivity index (χ1) is 13.2. The summed E-state index contributed by atoms with van der Waals surface area (Å²) in [7, 11) is 0. The molecule has 0 spiro atoms. The number of carbonyl (C=O) groups is 1. The van der Waals surface area contributed by atoms with Crippen LogP contribution in [0.4, 0.5) is 5.69 Å². The molecule has 0 aliphatic rings. The van der Waals surface area contributed by atoms with Crippen molar-refractivity contribution >= 4 is 11.6 Å². The Bertz CT molecular complexity index is 863. The van der Waals surface area contributed by atoms with Crippen LogP contribution in [0.2, 0.25) is 0 Å². The Hall–Kier alpha value is -3.47. The minimum atomic E-state index is -0.262. The topological polar surface area (TPSA) is 56.8 Å². The molecule has 0 aliphatic heterocycles. The van der Waals surface area contributed by atoms with Gasteiger partial charge < -0.3 is 19.5 Å². The van der Waals surface area contributed by atoms with Crippen LogP contribution in [-0.4, -0.2) is 19.1 Å². The van der Waals surface area contributed by atoms with Crippen molar-refractivity contribution in [2.24, 2.45) is 0 Å². The van der Waals surface area contributed by atoms with E-state index in [-0.39, 0.29) is 12.5 Å². The highest BCUT2D eigenvalue weighted by molar-refractivity contribution is 5.93. The number of amides is 1. The van der Waals surface area contributed by atoms with E-state index in [0.29, 0.717) is 29.5 Å². The number of benzene rings is 3. The van der Waals surface area contributed by atoms with Gasteiger partial charge in [0.15, 0.2) is 12.4 Å². The van der Waals surface area contributed by atoms with Crippen LogP contribution in [-0.2, 0) is 4.79 Å². The van der Waals surface area contributed by atoms with Gasteiger partial charge in [-0.05, 0) is 55.5 Å². The zero-order chi connectivity index (χ0) is 18.9. The molecule has 1 N–H and O–H groups in total. The van der Waals surface area contributed by atoms with Gasteiger partial charge in [0.2, 0.25) is 0 Å². The SMILES string of the molecule is CCOc1ccc(Oc2ccccc2NC(=O)COc2ccccc2)cc1. The largest absolute Gasteiger partial charge is 0.494 e. The summed E-state index contributed by atoms with van der Waals surface area (Å²) in [6, 6.07) is 23.8. The minimum Gasteiger partial charge on any atom is -0.494 e. The molecule has 0 atom stereocenters. The summed E-state index contributed by atoms with van der Waals surface area (Å²) in [4.78, 5) is 12.2. The molecule has 27 heavy (non-hydrogen) atoms. The number of ether oxygens (including phenoxy) is 3. The van der Waals surface area contributed by atoms with E-state index in [4.69, 9.17) is 14.2 Å². The van der Waals surface area contributed by atoms with Gasteiger partial charge in [0, 0.05) is 0 Å². The Morgan fingerprint density at radius 2 is 1.41 bits per heavy atom. The second-order valence-corrected chi connectivity index (χ2v) is 5.65. The van der Waals surface area contributed by atoms with E-state index >= 15 is 0 Å². The molecule has 3 aromatic rings. The Morgan fingerprint density at radius 1 is 0.778 bits per heavy atom. The quantitative estimate of drug-likeness (QED) is 0.619. The molecule has 3 aromatic carbocycles. The van der Waals surface area contributed by atoms with Crippen LogP contribution >= 0.6 is 0 Å². The minimum absolute atomic E-state index is 0.0819. The standard InChI is InChI=1S/C22H21NO4/c1-2-25-18-12-14-19(15-13-18)27-21-11-7-6-10-20(21)23-22(24)16-26-17-8-4-3-5-9-17/h3-15H,2,16H2,1H3,(H,23,24). The lowest BCUT2D eigenvalue weighted by molar-refractivity contribution is -0.118. The van der Waals surface area contributed by atoms with Gasteiger partial charge in [0.25, 0.3) is 5.91 Å². The van der Waals surface area contributed by atoms with Crippen molar-refractivity contribution in [2.75, 3.05) is 18.5 Å². The number of para-hydroxylation sites is 3. The molecular weight excluding hydrogens is 342 g/mol. The average molecular weight is 363 g/mol. The molecule has 1 amide bonds. The van der Waals surface area contributed by atoms with Crippen LogP contribution in [0.15, 0.2) is 78.9 Å². The van der Waals surface area contributed by atoms with E-state index in [0.717, 1.165) is 5.75 Å². The molecule has 0 saturated heterocycles. The smallest absolute Gasteiger partial charge is 0.262 e. The number of rotatable bonds is 8. The molecule has 0 heterocycles. The van der Waals surface area contributed by atoms with Crippen molar-refractivity contribution in [2.45, 2.75) is 6.92 Å². The Balaban J connectivity index is 1.62. The normalized spacial score (nSPS) is 10.1. The highest BCUT2D eigenvalue weighted by Gasteiger charge is 2.09. The maximum atomic E-state index is 12.2. The summed E-state index contributed by atoms with van der Waals surface area (Å²) in [5.41, 5.74) is 0.577. The second kappa shape index (κ2) is 9.29. The lowest BCUT2D eigenvalue weighted by Gasteiger charge is -2.13. The van der Waals surface area contributed by atoms with Gasteiger partial charge >= 0.3 is 0 Å². The van der Waals surface area contributed by atoms with Gasteiger partial charge in [-0.25, -0.2) is 0 Å². The lowest BCUT2D eigenvalue weighted by atomic mass is 10.2. The highest BCUT2D eigenvalue weighted by atomic mass is 16.5. The van der Waals surface area contributed by atoms with Crippen molar-refractivity contribution in [3.05, 3.63) is 78.9 Å². The Labute approximate surface area is 158 Å². The van der Waals surface area contributed by atoms with Crippen LogP contribution in [0.5, 0.6) is 23.0 Å². The van der Waals surface area contributed by atoms with Crippen LogP contribution in [0.3, 0.4) is 0 Å². The molecule has 0 fully saturated rings. The monoisotopic (exact) mass is 363 g/mol. The van der Waals surface area contributed by atoms with Crippen molar-refractivity contribution in [3.8, 4) is 23.0 Å². The molecular formula is C22H21NO4. The maximum Gasteiger partial charge on any atom is 0.262 e. The summed E-state index contributed by atoms with van der Waals surface area (Å²) in [6.07, 6.45) is 0. The third kappa shape index (κ3) is 5.51. The number of carbonyl (C=O) groups excluding carboxylic acids is 1. The maximum absolute atomic E-state index is 12.2. The number of nitrogens with one attached hydrogen (secondary N) is 1. The van der Waals surface area contributed by atoms with E-state index < -0.39 is 0 Å². The van der Waals surface area contributed by atoms with Crippen molar-refractivity contribution in [1.82, 2.24) is 0 Å². The zero-order valence-corrected chi connectivity index (χ0v) is 15.1. The predicted octanol–water partition coefficient (Wildman–Crippen LogP) is 4.90. The van der Waals surface area contributed by atoms with E-state index in [1.807, 2.05) is 61.5 Å². The molecule has 0 unspecified atom stereocenters. The molecule has 0 bridgehead atoms. The Kier molecular flexibility index (Phi) is 6.30. The summed E-state index contributed by atoms with van der Waals surface area (Å²) < 4.78 is 16.8. The average Bonchev–Trinajstić information content (AvgIpc) is 2.70. The highest BCUT2D eigenvalue weighted by Crippen LogP contribution is 2.30. The van der Waals surface area contributed by atoms with Gasteiger partial charge in [-0.15, -0.1) is 0 Å². The van der Waals surface area contributed by atoms with E-state index in [1.54, 1.807) is 24.3 Å². The van der Waals surface area contributed by atoms with E-state index in [1.165, 1.54) is 0 Å². The van der Waals surface area contributed by atoms with Gasteiger partial charge in [0.1, 0.15) is 17.2 Å². The van der Waals surface area contributed by atoms with Crippen LogP contribution in [0.1, 0.15) is 6.92 Å². The zero-order valence-electron chi connectivity index (χ0n) is 15.1. The lowest BCUT2D eigenvalue weighted by Crippen LogP contribution is -2.20. The van der Waals surface area contributed by atoms with E-state index in [9.17, 15) is 4.79 Å². The molecule has 0 aliphatic carbocycles. The number of hydrogen-bond donors (Lipinski definition) is 1.